The Labute approximate surface area is 252 Å². The van der Waals surface area contributed by atoms with Gasteiger partial charge in [-0.25, -0.2) is 0 Å². The Hall–Kier alpha value is -3.45. The molecule has 4 unspecified atom stereocenters. The summed E-state index contributed by atoms with van der Waals surface area (Å²) in [6.07, 6.45) is 2.12. The predicted octanol–water partition coefficient (Wildman–Crippen LogP) is 0.365. The van der Waals surface area contributed by atoms with Crippen LogP contribution in [0, 0.1) is 0 Å². The van der Waals surface area contributed by atoms with E-state index in [1.54, 1.807) is 0 Å². The van der Waals surface area contributed by atoms with E-state index >= 15 is 0 Å². The minimum atomic E-state index is -4.38. The fourth-order valence-corrected chi connectivity index (χ4v) is 7.14. The molecular weight excluding hydrogens is 597 g/mol. The standard InChI is InChI=1S/C28H36N5O8PS/c29-25(35)21(14-17-8-9-18-5-1-2-6-19(18)13-17)31-27(37)23-7-3-4-12-33(23)28(38)22(15-43-16-42(39,40)41)32-26(36)20-10-11-24(34)30-20/h1-2,5-6,8-9,13,20-23H,3-4,7,10-12,14-16H2,(H2,29,35)(H,30,34)(H,31,37)(H,32,36)(H2,39,40,41). The van der Waals surface area contributed by atoms with Crippen molar-refractivity contribution in [1.82, 2.24) is 20.9 Å². The third kappa shape index (κ3) is 9.02. The molecule has 0 radical (unpaired) electrons. The van der Waals surface area contributed by atoms with Gasteiger partial charge in [-0.3, -0.25) is 28.5 Å². The van der Waals surface area contributed by atoms with Crippen LogP contribution in [-0.4, -0.2) is 86.2 Å². The molecule has 0 aliphatic carbocycles. The van der Waals surface area contributed by atoms with Gasteiger partial charge in [0.15, 0.2) is 0 Å². The van der Waals surface area contributed by atoms with E-state index in [1.165, 1.54) is 4.90 Å². The molecule has 13 nitrogen and oxygen atoms in total. The summed E-state index contributed by atoms with van der Waals surface area (Å²) in [4.78, 5) is 84.0. The van der Waals surface area contributed by atoms with E-state index in [-0.39, 0.29) is 37.5 Å². The number of rotatable bonds is 12. The topological polar surface area (TPSA) is 208 Å². The molecule has 2 aliphatic rings. The van der Waals surface area contributed by atoms with E-state index < -0.39 is 60.9 Å². The molecule has 4 atom stereocenters. The number of nitrogens with two attached hydrogens (primary N) is 1. The Balaban J connectivity index is 1.48. The zero-order chi connectivity index (χ0) is 31.1. The van der Waals surface area contributed by atoms with E-state index in [1.807, 2.05) is 42.5 Å². The van der Waals surface area contributed by atoms with Crippen molar-refractivity contribution in [1.29, 1.82) is 0 Å². The molecule has 43 heavy (non-hydrogen) atoms. The molecule has 2 aromatic carbocycles. The summed E-state index contributed by atoms with van der Waals surface area (Å²) in [5.41, 5.74) is 5.88. The number of primary amides is 1. The van der Waals surface area contributed by atoms with Crippen LogP contribution in [0.4, 0.5) is 0 Å². The SMILES string of the molecule is NC(=O)C(Cc1ccc2ccccc2c1)NC(=O)C1CCCCN1C(=O)C(CSCP(=O)(O)O)NC(=O)C1CCC(=O)N1. The number of thioether (sulfide) groups is 1. The fourth-order valence-electron chi connectivity index (χ4n) is 5.31. The first-order chi connectivity index (χ1) is 20.4. The Morgan fingerprint density at radius 1 is 1.02 bits per heavy atom. The predicted molar refractivity (Wildman–Crippen MR) is 161 cm³/mol. The number of nitrogens with one attached hydrogen (secondary N) is 3. The van der Waals surface area contributed by atoms with Gasteiger partial charge in [-0.2, -0.15) is 0 Å². The Bertz CT molecular complexity index is 1430. The van der Waals surface area contributed by atoms with E-state index in [2.05, 4.69) is 16.0 Å². The number of benzene rings is 2. The average molecular weight is 634 g/mol. The van der Waals surface area contributed by atoms with E-state index in [0.717, 1.165) is 28.1 Å². The van der Waals surface area contributed by atoms with Crippen molar-refractivity contribution in [3.05, 3.63) is 48.0 Å². The molecule has 7 N–H and O–H groups in total. The van der Waals surface area contributed by atoms with Gasteiger partial charge in [0.2, 0.25) is 29.5 Å². The second-order valence-corrected chi connectivity index (χ2v) is 13.9. The van der Waals surface area contributed by atoms with Crippen molar-refractivity contribution in [3.63, 3.8) is 0 Å². The zero-order valence-corrected chi connectivity index (χ0v) is 25.1. The maximum absolute atomic E-state index is 13.8. The van der Waals surface area contributed by atoms with Crippen molar-refractivity contribution >= 4 is 59.7 Å². The van der Waals surface area contributed by atoms with Crippen LogP contribution < -0.4 is 21.7 Å². The van der Waals surface area contributed by atoms with Crippen molar-refractivity contribution < 1.29 is 38.3 Å². The molecule has 0 saturated carbocycles. The molecule has 5 amide bonds. The van der Waals surface area contributed by atoms with Crippen LogP contribution in [0.5, 0.6) is 0 Å². The molecule has 2 aliphatic heterocycles. The lowest BCUT2D eigenvalue weighted by atomic mass is 9.98. The van der Waals surface area contributed by atoms with Gasteiger partial charge in [0.1, 0.15) is 24.2 Å². The molecular formula is C28H36N5O8PS. The highest BCUT2D eigenvalue weighted by molar-refractivity contribution is 8.04. The normalized spacial score (nSPS) is 20.2. The number of nitrogens with zero attached hydrogens (tertiary/aromatic N) is 1. The highest BCUT2D eigenvalue weighted by atomic mass is 32.2. The van der Waals surface area contributed by atoms with Gasteiger partial charge < -0.3 is 36.4 Å². The number of fused-ring (bicyclic) bond motifs is 1. The molecule has 2 heterocycles. The number of carbonyl (C=O) groups is 5. The van der Waals surface area contributed by atoms with Gasteiger partial charge in [-0.05, 0) is 42.0 Å². The minimum Gasteiger partial charge on any atom is -0.368 e. The summed E-state index contributed by atoms with van der Waals surface area (Å²) in [5.74, 6) is -2.93. The number of carbonyl (C=O) groups excluding carboxylic acids is 5. The highest BCUT2D eigenvalue weighted by Crippen LogP contribution is 2.38. The van der Waals surface area contributed by atoms with Crippen molar-refractivity contribution in [3.8, 4) is 0 Å². The lowest BCUT2D eigenvalue weighted by Crippen LogP contribution is -2.60. The van der Waals surface area contributed by atoms with Crippen LogP contribution >= 0.6 is 19.4 Å². The molecule has 0 spiro atoms. The van der Waals surface area contributed by atoms with Gasteiger partial charge in [0.05, 0.1) is 5.49 Å². The van der Waals surface area contributed by atoms with Gasteiger partial charge in [-0.15, -0.1) is 11.8 Å². The number of hydrogen-bond donors (Lipinski definition) is 6. The monoisotopic (exact) mass is 633 g/mol. The Kier molecular flexibility index (Phi) is 10.8. The third-order valence-corrected chi connectivity index (χ3v) is 10.1. The largest absolute Gasteiger partial charge is 0.368 e. The maximum Gasteiger partial charge on any atom is 0.335 e. The number of amides is 5. The summed E-state index contributed by atoms with van der Waals surface area (Å²) in [5, 5.41) is 9.84. The second kappa shape index (κ2) is 14.3. The van der Waals surface area contributed by atoms with Crippen molar-refractivity contribution in [2.45, 2.75) is 62.7 Å². The summed E-state index contributed by atoms with van der Waals surface area (Å²) >= 11 is 0.797. The van der Waals surface area contributed by atoms with E-state index in [4.69, 9.17) is 5.73 Å². The van der Waals surface area contributed by atoms with Crippen LogP contribution in [0.1, 0.15) is 37.7 Å². The number of piperidine rings is 1. The van der Waals surface area contributed by atoms with Crippen molar-refractivity contribution in [2.24, 2.45) is 5.73 Å². The lowest BCUT2D eigenvalue weighted by Gasteiger charge is -2.37. The van der Waals surface area contributed by atoms with Gasteiger partial charge in [0, 0.05) is 25.1 Å². The minimum absolute atomic E-state index is 0.150. The molecule has 2 aromatic rings. The van der Waals surface area contributed by atoms with Gasteiger partial charge in [-0.1, -0.05) is 42.5 Å². The summed E-state index contributed by atoms with van der Waals surface area (Å²) in [6, 6.07) is 9.40. The lowest BCUT2D eigenvalue weighted by molar-refractivity contribution is -0.145. The second-order valence-electron chi connectivity index (χ2n) is 10.8. The third-order valence-electron chi connectivity index (χ3n) is 7.47. The first kappa shape index (κ1) is 32.5. The number of likely N-dealkylation sites (tertiary alicyclic amines) is 1. The smallest absolute Gasteiger partial charge is 0.335 e. The first-order valence-corrected chi connectivity index (χ1v) is 17.0. The van der Waals surface area contributed by atoms with Crippen LogP contribution in [-0.2, 0) is 35.0 Å². The Morgan fingerprint density at radius 3 is 2.42 bits per heavy atom. The molecule has 15 heteroatoms. The number of hydrogen-bond acceptors (Lipinski definition) is 7. The van der Waals surface area contributed by atoms with Crippen LogP contribution in [0.3, 0.4) is 0 Å². The molecule has 0 bridgehead atoms. The van der Waals surface area contributed by atoms with Crippen molar-refractivity contribution in [2.75, 3.05) is 17.8 Å². The highest BCUT2D eigenvalue weighted by Gasteiger charge is 2.38. The van der Waals surface area contributed by atoms with Crippen LogP contribution in [0.25, 0.3) is 10.8 Å². The van der Waals surface area contributed by atoms with Crippen LogP contribution in [0.15, 0.2) is 42.5 Å². The summed E-state index contributed by atoms with van der Waals surface area (Å²) in [7, 11) is -4.38. The van der Waals surface area contributed by atoms with Gasteiger partial charge in [0.25, 0.3) is 0 Å². The molecule has 0 aromatic heterocycles. The average Bonchev–Trinajstić information content (AvgIpc) is 3.41. The first-order valence-electron chi connectivity index (χ1n) is 14.0. The molecule has 2 saturated heterocycles. The fraction of sp³-hybridized carbons (Fsp3) is 0.464. The Morgan fingerprint density at radius 2 is 1.74 bits per heavy atom. The summed E-state index contributed by atoms with van der Waals surface area (Å²) in [6.45, 7) is 0.207. The quantitative estimate of drug-likeness (QED) is 0.178. The zero-order valence-electron chi connectivity index (χ0n) is 23.4. The molecule has 2 fully saturated rings. The summed E-state index contributed by atoms with van der Waals surface area (Å²) < 4.78 is 11.4. The van der Waals surface area contributed by atoms with E-state index in [9.17, 15) is 38.3 Å². The van der Waals surface area contributed by atoms with Gasteiger partial charge >= 0.3 is 7.60 Å². The maximum atomic E-state index is 13.8. The van der Waals surface area contributed by atoms with E-state index in [0.29, 0.717) is 19.3 Å². The molecule has 232 valence electrons. The van der Waals surface area contributed by atoms with Crippen LogP contribution in [0.2, 0.25) is 0 Å². The molecule has 4 rings (SSSR count).